The third-order valence-electron chi connectivity index (χ3n) is 5.17. The summed E-state index contributed by atoms with van der Waals surface area (Å²) >= 11 is 3.44. The molecule has 0 N–H and O–H groups in total. The van der Waals surface area contributed by atoms with Gasteiger partial charge in [-0.25, -0.2) is 0 Å². The van der Waals surface area contributed by atoms with Gasteiger partial charge in [-0.3, -0.25) is 4.79 Å². The predicted molar refractivity (Wildman–Crippen MR) is 108 cm³/mol. The maximum absolute atomic E-state index is 13.3. The highest BCUT2D eigenvalue weighted by Crippen LogP contribution is 2.39. The molecule has 0 radical (unpaired) electrons. The Kier molecular flexibility index (Phi) is 5.07. The van der Waals surface area contributed by atoms with Gasteiger partial charge in [-0.2, -0.15) is 18.2 Å². The molecule has 32 heavy (non-hydrogen) atoms. The first-order valence-corrected chi connectivity index (χ1v) is 10.5. The zero-order valence-corrected chi connectivity index (χ0v) is 17.9. The summed E-state index contributed by atoms with van der Waals surface area (Å²) in [4.78, 5) is 18.5. The highest BCUT2D eigenvalue weighted by Gasteiger charge is 2.38. The lowest BCUT2D eigenvalue weighted by molar-refractivity contribution is -0.159. The van der Waals surface area contributed by atoms with Gasteiger partial charge in [0.05, 0.1) is 5.56 Å². The van der Waals surface area contributed by atoms with Crippen LogP contribution in [0.1, 0.15) is 34.7 Å². The molecular weight excluding hydrogens is 495 g/mol. The Morgan fingerprint density at radius 2 is 1.81 bits per heavy atom. The van der Waals surface area contributed by atoms with Crippen LogP contribution >= 0.6 is 15.9 Å². The number of ether oxygens (including phenoxy) is 2. The Balaban J connectivity index is 1.35. The number of benzene rings is 2. The molecule has 1 fully saturated rings. The average Bonchev–Trinajstić information content (AvgIpc) is 3.27. The lowest BCUT2D eigenvalue weighted by atomic mass is 10.1. The van der Waals surface area contributed by atoms with Gasteiger partial charge in [0.15, 0.2) is 11.5 Å². The second-order valence-corrected chi connectivity index (χ2v) is 8.32. The first-order chi connectivity index (χ1) is 15.3. The highest BCUT2D eigenvalue weighted by molar-refractivity contribution is 9.10. The van der Waals surface area contributed by atoms with Crippen LogP contribution in [0.25, 0.3) is 11.4 Å². The monoisotopic (exact) mass is 509 g/mol. The third-order valence-corrected chi connectivity index (χ3v) is 5.83. The minimum atomic E-state index is -4.70. The smallest absolute Gasteiger partial charge is 0.454 e. The Bertz CT molecular complexity index is 1180. The van der Waals surface area contributed by atoms with Crippen LogP contribution in [0.3, 0.4) is 0 Å². The van der Waals surface area contributed by atoms with Crippen LogP contribution in [0.5, 0.6) is 11.5 Å². The van der Waals surface area contributed by atoms with Gasteiger partial charge in [0.25, 0.3) is 5.91 Å². The Morgan fingerprint density at radius 3 is 2.44 bits per heavy atom. The Labute approximate surface area is 188 Å². The number of hydrogen-bond donors (Lipinski definition) is 0. The number of aromatic nitrogens is 2. The largest absolute Gasteiger partial charge is 0.471 e. The van der Waals surface area contributed by atoms with Crippen LogP contribution in [0.2, 0.25) is 0 Å². The fraction of sp³-hybridized carbons (Fsp3) is 0.286. The molecule has 7 nitrogen and oxygen atoms in total. The molecule has 0 atom stereocenters. The summed E-state index contributed by atoms with van der Waals surface area (Å²) < 4.78 is 53.6. The molecule has 3 aromatic rings. The zero-order valence-electron chi connectivity index (χ0n) is 16.4. The van der Waals surface area contributed by atoms with Crippen molar-refractivity contribution >= 4 is 21.8 Å². The minimum absolute atomic E-state index is 0.114. The van der Waals surface area contributed by atoms with Gasteiger partial charge in [-0.1, -0.05) is 29.4 Å². The molecule has 5 rings (SSSR count). The lowest BCUT2D eigenvalue weighted by Crippen LogP contribution is -2.32. The number of amides is 1. The lowest BCUT2D eigenvalue weighted by Gasteiger charge is -2.23. The van der Waals surface area contributed by atoms with E-state index in [-0.39, 0.29) is 24.6 Å². The number of carbonyl (C=O) groups excluding carboxylic acids is 1. The van der Waals surface area contributed by atoms with E-state index in [1.165, 1.54) is 0 Å². The van der Waals surface area contributed by atoms with Crippen LogP contribution < -0.4 is 9.47 Å². The van der Waals surface area contributed by atoms with Crippen molar-refractivity contribution in [3.63, 3.8) is 0 Å². The molecule has 11 heteroatoms. The summed E-state index contributed by atoms with van der Waals surface area (Å²) in [5.41, 5.74) is 1.69. The van der Waals surface area contributed by atoms with Gasteiger partial charge in [-0.15, -0.1) is 0 Å². The average molecular weight is 510 g/mol. The Morgan fingerprint density at radius 1 is 1.12 bits per heavy atom. The van der Waals surface area contributed by atoms with Crippen LogP contribution in [-0.4, -0.2) is 33.8 Å². The summed E-state index contributed by atoms with van der Waals surface area (Å²) in [5, 5.41) is 3.39. The molecule has 0 saturated heterocycles. The van der Waals surface area contributed by atoms with Crippen LogP contribution in [-0.2, 0) is 12.7 Å². The SMILES string of the molecule is O=C(c1cc2c(cc1Br)OCO2)N(Cc1ccc(-c2noc(C(F)(F)F)n2)cc1)C1CC1. The summed E-state index contributed by atoms with van der Waals surface area (Å²) in [7, 11) is 0. The fourth-order valence-corrected chi connectivity index (χ4v) is 3.89. The van der Waals surface area contributed by atoms with Crippen molar-refractivity contribution in [2.45, 2.75) is 31.6 Å². The quantitative estimate of drug-likeness (QED) is 0.478. The van der Waals surface area contributed by atoms with Crippen molar-refractivity contribution in [3.8, 4) is 22.9 Å². The molecule has 0 bridgehead atoms. The number of nitrogens with zero attached hydrogens (tertiary/aromatic N) is 3. The number of halogens is 4. The van der Waals surface area contributed by atoms with E-state index in [1.54, 1.807) is 41.3 Å². The summed E-state index contributed by atoms with van der Waals surface area (Å²) in [6.45, 7) is 0.466. The first-order valence-electron chi connectivity index (χ1n) is 9.70. The zero-order chi connectivity index (χ0) is 22.5. The molecule has 0 unspecified atom stereocenters. The van der Waals surface area contributed by atoms with Crippen molar-refractivity contribution < 1.29 is 32.0 Å². The van der Waals surface area contributed by atoms with E-state index in [2.05, 4.69) is 30.6 Å². The second-order valence-electron chi connectivity index (χ2n) is 7.47. The van der Waals surface area contributed by atoms with E-state index >= 15 is 0 Å². The maximum Gasteiger partial charge on any atom is 0.471 e. The second kappa shape index (κ2) is 7.80. The highest BCUT2D eigenvalue weighted by atomic mass is 79.9. The van der Waals surface area contributed by atoms with E-state index in [9.17, 15) is 18.0 Å². The molecule has 1 aromatic heterocycles. The summed E-state index contributed by atoms with van der Waals surface area (Å²) in [5.74, 6) is -0.582. The fourth-order valence-electron chi connectivity index (χ4n) is 3.40. The van der Waals surface area contributed by atoms with Gasteiger partial charge >= 0.3 is 12.1 Å². The van der Waals surface area contributed by atoms with Crippen LogP contribution in [0.4, 0.5) is 13.2 Å². The number of hydrogen-bond acceptors (Lipinski definition) is 6. The van der Waals surface area contributed by atoms with Crippen molar-refractivity contribution in [2.75, 3.05) is 6.79 Å². The van der Waals surface area contributed by atoms with Crippen molar-refractivity contribution in [1.29, 1.82) is 0 Å². The predicted octanol–water partition coefficient (Wildman–Crippen LogP) is 5.05. The van der Waals surface area contributed by atoms with Crippen molar-refractivity contribution in [2.24, 2.45) is 0 Å². The Hall–Kier alpha value is -3.08. The normalized spacial score (nSPS) is 15.1. The van der Waals surface area contributed by atoms with Gasteiger partial charge in [0.1, 0.15) is 0 Å². The summed E-state index contributed by atoms with van der Waals surface area (Å²) in [6, 6.07) is 10.2. The molecule has 0 spiro atoms. The first kappa shape index (κ1) is 20.8. The van der Waals surface area contributed by atoms with Crippen molar-refractivity contribution in [1.82, 2.24) is 15.0 Å². The van der Waals surface area contributed by atoms with E-state index in [0.29, 0.717) is 33.6 Å². The third kappa shape index (κ3) is 4.04. The molecule has 2 heterocycles. The van der Waals surface area contributed by atoms with Crippen LogP contribution in [0.15, 0.2) is 45.4 Å². The molecule has 2 aliphatic rings. The standard InChI is InChI=1S/C21H15BrF3N3O4/c22-15-8-17-16(30-10-31-17)7-14(15)19(29)28(13-5-6-13)9-11-1-3-12(4-2-11)18-26-20(32-27-18)21(23,24)25/h1-4,7-8,13H,5-6,9-10H2. The topological polar surface area (TPSA) is 77.7 Å². The molecule has 1 saturated carbocycles. The van der Waals surface area contributed by atoms with E-state index in [0.717, 1.165) is 18.4 Å². The molecule has 1 aliphatic carbocycles. The molecule has 2 aromatic carbocycles. The number of carbonyl (C=O) groups is 1. The van der Waals surface area contributed by atoms with E-state index < -0.39 is 12.1 Å². The van der Waals surface area contributed by atoms with Gasteiger partial charge < -0.3 is 18.9 Å². The van der Waals surface area contributed by atoms with E-state index in [1.807, 2.05) is 0 Å². The number of rotatable bonds is 5. The van der Waals surface area contributed by atoms with Crippen molar-refractivity contribution in [3.05, 3.63) is 57.9 Å². The van der Waals surface area contributed by atoms with Gasteiger partial charge in [-0.05, 0) is 46.5 Å². The van der Waals surface area contributed by atoms with E-state index in [4.69, 9.17) is 9.47 Å². The number of fused-ring (bicyclic) bond motifs is 1. The van der Waals surface area contributed by atoms with Gasteiger partial charge in [0.2, 0.25) is 12.6 Å². The number of alkyl halides is 3. The minimum Gasteiger partial charge on any atom is -0.454 e. The maximum atomic E-state index is 13.3. The van der Waals surface area contributed by atoms with Crippen LogP contribution in [0, 0.1) is 0 Å². The molecular formula is C21H15BrF3N3O4. The summed E-state index contributed by atoms with van der Waals surface area (Å²) in [6.07, 6.45) is -2.87. The molecule has 1 aliphatic heterocycles. The van der Waals surface area contributed by atoms with Gasteiger partial charge in [0, 0.05) is 22.6 Å². The molecule has 1 amide bonds. The molecule has 166 valence electrons.